The van der Waals surface area contributed by atoms with E-state index in [1.807, 2.05) is 0 Å². The normalized spacial score (nSPS) is 10.1. The van der Waals surface area contributed by atoms with Gasteiger partial charge >= 0.3 is 0 Å². The van der Waals surface area contributed by atoms with Crippen molar-refractivity contribution in [1.82, 2.24) is 30.2 Å². The quantitative estimate of drug-likeness (QED) is 0.672. The molecule has 7 heteroatoms. The van der Waals surface area contributed by atoms with E-state index >= 15 is 0 Å². The minimum atomic E-state index is 0.385. The van der Waals surface area contributed by atoms with E-state index in [0.717, 1.165) is 0 Å². The Balaban J connectivity index is 2.00. The number of benzene rings is 1. The molecule has 0 saturated heterocycles. The van der Waals surface area contributed by atoms with Gasteiger partial charge in [0, 0.05) is 12.4 Å². The van der Waals surface area contributed by atoms with Gasteiger partial charge in [0.25, 0.3) is 0 Å². The second-order valence-corrected chi connectivity index (χ2v) is 3.66. The predicted molar refractivity (Wildman–Crippen MR) is 64.9 cm³/mol. The Hall–Kier alpha value is -3.14. The maximum atomic E-state index is 8.86. The average molecular weight is 249 g/mol. The second kappa shape index (κ2) is 4.62. The van der Waals surface area contributed by atoms with Gasteiger partial charge in [-0.3, -0.25) is 4.98 Å². The van der Waals surface area contributed by atoms with Crippen LogP contribution in [0.1, 0.15) is 5.56 Å². The summed E-state index contributed by atoms with van der Waals surface area (Å²) in [5.74, 6) is 0.385. The standard InChI is InChI=1S/C12H7N7/c13-7-9-2-1-3-10(6-9)19-17-12(16-18-19)11-8-14-4-5-15-11/h1-6,8H. The van der Waals surface area contributed by atoms with E-state index in [0.29, 0.717) is 22.8 Å². The molecule has 2 aromatic heterocycles. The van der Waals surface area contributed by atoms with Crippen molar-refractivity contribution in [1.29, 1.82) is 5.26 Å². The topological polar surface area (TPSA) is 93.2 Å². The maximum absolute atomic E-state index is 8.86. The zero-order chi connectivity index (χ0) is 13.1. The molecule has 0 aliphatic rings. The molecular weight excluding hydrogens is 242 g/mol. The van der Waals surface area contributed by atoms with E-state index in [1.54, 1.807) is 42.9 Å². The van der Waals surface area contributed by atoms with Crippen molar-refractivity contribution in [3.63, 3.8) is 0 Å². The Kier molecular flexibility index (Phi) is 2.67. The van der Waals surface area contributed by atoms with Crippen LogP contribution >= 0.6 is 0 Å². The van der Waals surface area contributed by atoms with Crippen LogP contribution in [0.25, 0.3) is 17.2 Å². The van der Waals surface area contributed by atoms with E-state index in [1.165, 1.54) is 4.80 Å². The first-order chi connectivity index (χ1) is 9.36. The summed E-state index contributed by atoms with van der Waals surface area (Å²) >= 11 is 0. The first-order valence-corrected chi connectivity index (χ1v) is 5.44. The molecule has 0 aliphatic heterocycles. The predicted octanol–water partition coefficient (Wildman–Crippen LogP) is 0.991. The molecule has 0 bridgehead atoms. The van der Waals surface area contributed by atoms with Crippen molar-refractivity contribution in [3.05, 3.63) is 48.4 Å². The van der Waals surface area contributed by atoms with Crippen LogP contribution in [0.5, 0.6) is 0 Å². The number of hydrogen-bond acceptors (Lipinski definition) is 6. The zero-order valence-corrected chi connectivity index (χ0v) is 9.67. The summed E-state index contributed by atoms with van der Waals surface area (Å²) < 4.78 is 0. The van der Waals surface area contributed by atoms with E-state index in [-0.39, 0.29) is 0 Å². The molecule has 2 heterocycles. The van der Waals surface area contributed by atoms with Gasteiger partial charge in [0.15, 0.2) is 0 Å². The molecule has 19 heavy (non-hydrogen) atoms. The van der Waals surface area contributed by atoms with Gasteiger partial charge in [0.05, 0.1) is 23.5 Å². The highest BCUT2D eigenvalue weighted by Gasteiger charge is 2.08. The third-order valence-electron chi connectivity index (χ3n) is 2.41. The van der Waals surface area contributed by atoms with Gasteiger partial charge in [-0.05, 0) is 23.4 Å². The molecule has 0 saturated carbocycles. The zero-order valence-electron chi connectivity index (χ0n) is 9.67. The van der Waals surface area contributed by atoms with Crippen LogP contribution in [-0.2, 0) is 0 Å². The van der Waals surface area contributed by atoms with Gasteiger partial charge in [-0.25, -0.2) is 4.98 Å². The molecule has 0 fully saturated rings. The van der Waals surface area contributed by atoms with Crippen molar-refractivity contribution in [3.8, 4) is 23.3 Å². The fourth-order valence-electron chi connectivity index (χ4n) is 1.54. The molecule has 3 aromatic rings. The van der Waals surface area contributed by atoms with Gasteiger partial charge in [-0.2, -0.15) is 5.26 Å². The summed E-state index contributed by atoms with van der Waals surface area (Å²) in [6, 6.07) is 9.02. The van der Waals surface area contributed by atoms with Crippen molar-refractivity contribution in [2.75, 3.05) is 0 Å². The van der Waals surface area contributed by atoms with Crippen molar-refractivity contribution < 1.29 is 0 Å². The maximum Gasteiger partial charge on any atom is 0.225 e. The van der Waals surface area contributed by atoms with Crippen molar-refractivity contribution in [2.45, 2.75) is 0 Å². The lowest BCUT2D eigenvalue weighted by molar-refractivity contribution is 0.720. The SMILES string of the molecule is N#Cc1cccc(-n2nnc(-c3cnccn3)n2)c1. The Bertz CT molecular complexity index is 742. The molecule has 0 spiro atoms. The highest BCUT2D eigenvalue weighted by molar-refractivity contribution is 5.46. The van der Waals surface area contributed by atoms with E-state index in [4.69, 9.17) is 5.26 Å². The van der Waals surface area contributed by atoms with Crippen LogP contribution in [0.4, 0.5) is 0 Å². The van der Waals surface area contributed by atoms with Crippen molar-refractivity contribution in [2.24, 2.45) is 0 Å². The summed E-state index contributed by atoms with van der Waals surface area (Å²) in [5, 5.41) is 20.9. The van der Waals surface area contributed by atoms with E-state index in [2.05, 4.69) is 31.4 Å². The fourth-order valence-corrected chi connectivity index (χ4v) is 1.54. The smallest absolute Gasteiger partial charge is 0.225 e. The molecule has 0 radical (unpaired) electrons. The number of rotatable bonds is 2. The molecule has 0 amide bonds. The Morgan fingerprint density at radius 3 is 2.95 bits per heavy atom. The second-order valence-electron chi connectivity index (χ2n) is 3.66. The number of aromatic nitrogens is 6. The molecule has 3 rings (SSSR count). The first-order valence-electron chi connectivity index (χ1n) is 5.44. The van der Waals surface area contributed by atoms with Gasteiger partial charge < -0.3 is 0 Å². The van der Waals surface area contributed by atoms with E-state index < -0.39 is 0 Å². The third kappa shape index (κ3) is 2.14. The molecule has 7 nitrogen and oxygen atoms in total. The largest absolute Gasteiger partial charge is 0.261 e. The Morgan fingerprint density at radius 1 is 1.21 bits per heavy atom. The van der Waals surface area contributed by atoms with Crippen LogP contribution in [0.3, 0.4) is 0 Å². The van der Waals surface area contributed by atoms with Crippen LogP contribution in [0, 0.1) is 11.3 Å². The fraction of sp³-hybridized carbons (Fsp3) is 0. The number of nitriles is 1. The molecule has 0 unspecified atom stereocenters. The highest BCUT2D eigenvalue weighted by Crippen LogP contribution is 2.11. The van der Waals surface area contributed by atoms with Crippen molar-refractivity contribution >= 4 is 0 Å². The number of nitrogens with zero attached hydrogens (tertiary/aromatic N) is 7. The molecule has 90 valence electrons. The first kappa shape index (κ1) is 11.0. The molecule has 0 N–H and O–H groups in total. The van der Waals surface area contributed by atoms with Crippen LogP contribution in [0.2, 0.25) is 0 Å². The lowest BCUT2D eigenvalue weighted by atomic mass is 10.2. The van der Waals surface area contributed by atoms with Gasteiger partial charge in [0.2, 0.25) is 5.82 Å². The summed E-state index contributed by atoms with van der Waals surface area (Å²) in [4.78, 5) is 9.40. The lowest BCUT2D eigenvalue weighted by Gasteiger charge is -1.97. The van der Waals surface area contributed by atoms with Crippen LogP contribution in [-0.4, -0.2) is 30.2 Å². The van der Waals surface area contributed by atoms with Gasteiger partial charge in [-0.15, -0.1) is 15.0 Å². The summed E-state index contributed by atoms with van der Waals surface area (Å²) in [6.07, 6.45) is 4.70. The van der Waals surface area contributed by atoms with Gasteiger partial charge in [0.1, 0.15) is 5.69 Å². The highest BCUT2D eigenvalue weighted by atomic mass is 15.6. The lowest BCUT2D eigenvalue weighted by Crippen LogP contribution is -1.99. The third-order valence-corrected chi connectivity index (χ3v) is 2.41. The minimum absolute atomic E-state index is 0.385. The monoisotopic (exact) mass is 249 g/mol. The van der Waals surface area contributed by atoms with Crippen LogP contribution in [0.15, 0.2) is 42.9 Å². The van der Waals surface area contributed by atoms with Gasteiger partial charge in [-0.1, -0.05) is 6.07 Å². The average Bonchev–Trinajstić information content (AvgIpc) is 2.98. The molecular formula is C12H7N7. The molecule has 1 aromatic carbocycles. The number of tetrazole rings is 1. The molecule has 0 atom stereocenters. The summed E-state index contributed by atoms with van der Waals surface area (Å²) in [6.45, 7) is 0. The summed E-state index contributed by atoms with van der Waals surface area (Å²) in [7, 11) is 0. The Morgan fingerprint density at radius 2 is 2.16 bits per heavy atom. The molecule has 0 aliphatic carbocycles. The minimum Gasteiger partial charge on any atom is -0.261 e. The van der Waals surface area contributed by atoms with Crippen LogP contribution < -0.4 is 0 Å². The Labute approximate surface area is 108 Å². The summed E-state index contributed by atoms with van der Waals surface area (Å²) in [5.41, 5.74) is 1.75. The number of hydrogen-bond donors (Lipinski definition) is 0. The van der Waals surface area contributed by atoms with E-state index in [9.17, 15) is 0 Å².